The molecule has 140 valence electrons. The molecule has 0 aromatic heterocycles. The Balaban J connectivity index is 1.62. The first-order valence-corrected chi connectivity index (χ1v) is 9.95. The van der Waals surface area contributed by atoms with E-state index in [9.17, 15) is 0 Å². The van der Waals surface area contributed by atoms with Gasteiger partial charge in [0.2, 0.25) is 0 Å². The predicted molar refractivity (Wildman–Crippen MR) is 106 cm³/mol. The van der Waals surface area contributed by atoms with Crippen LogP contribution in [0.5, 0.6) is 0 Å². The molecular formula is C21H35N3O. The standard InChI is InChI=1S/C21H35N3O/c1-4-25-17-7-11-21(3,12-8-17)24-13-9-16(10-14-24)19-15(2)5-6-18(22)20(19)23/h5-6,16-17H,4,7-14,22-23H2,1-3H3/t17-,21-. The number of anilines is 2. The molecule has 0 bridgehead atoms. The van der Waals surface area contributed by atoms with Crippen LogP contribution in [-0.2, 0) is 4.74 Å². The second-order valence-corrected chi connectivity index (χ2v) is 8.21. The van der Waals surface area contributed by atoms with Gasteiger partial charge in [0.15, 0.2) is 0 Å². The molecule has 1 aliphatic carbocycles. The average Bonchev–Trinajstić information content (AvgIpc) is 2.61. The van der Waals surface area contributed by atoms with Crippen molar-refractivity contribution in [3.05, 3.63) is 23.3 Å². The minimum atomic E-state index is 0.342. The van der Waals surface area contributed by atoms with Crippen molar-refractivity contribution in [2.75, 3.05) is 31.2 Å². The number of hydrogen-bond acceptors (Lipinski definition) is 4. The fourth-order valence-corrected chi connectivity index (χ4v) is 4.94. The molecule has 25 heavy (non-hydrogen) atoms. The smallest absolute Gasteiger partial charge is 0.0585 e. The molecule has 0 radical (unpaired) electrons. The predicted octanol–water partition coefficient (Wildman–Crippen LogP) is 4.08. The van der Waals surface area contributed by atoms with E-state index in [0.717, 1.165) is 31.1 Å². The molecule has 3 rings (SSSR count). The molecule has 1 aromatic rings. The number of benzene rings is 1. The van der Waals surface area contributed by atoms with Crippen molar-refractivity contribution in [1.82, 2.24) is 4.90 Å². The molecule has 0 unspecified atom stereocenters. The quantitative estimate of drug-likeness (QED) is 0.807. The number of nitrogens with zero attached hydrogens (tertiary/aromatic N) is 1. The average molecular weight is 346 g/mol. The van der Waals surface area contributed by atoms with Crippen LogP contribution in [0.25, 0.3) is 0 Å². The van der Waals surface area contributed by atoms with E-state index in [2.05, 4.69) is 31.7 Å². The first-order valence-electron chi connectivity index (χ1n) is 9.95. The summed E-state index contributed by atoms with van der Waals surface area (Å²) in [6.07, 6.45) is 7.74. The van der Waals surface area contributed by atoms with Crippen LogP contribution in [0.2, 0.25) is 0 Å². The van der Waals surface area contributed by atoms with E-state index >= 15 is 0 Å². The molecule has 0 atom stereocenters. The van der Waals surface area contributed by atoms with Gasteiger partial charge in [0.25, 0.3) is 0 Å². The summed E-state index contributed by atoms with van der Waals surface area (Å²) in [7, 11) is 0. The third-order valence-electron chi connectivity index (χ3n) is 6.62. The minimum absolute atomic E-state index is 0.342. The van der Waals surface area contributed by atoms with Crippen LogP contribution in [0.1, 0.15) is 69.4 Å². The molecule has 1 saturated carbocycles. The molecule has 4 heteroatoms. The Kier molecular flexibility index (Phi) is 5.59. The molecule has 4 N–H and O–H groups in total. The van der Waals surface area contributed by atoms with Gasteiger partial charge in [-0.3, -0.25) is 4.90 Å². The SMILES string of the molecule is CCO[C@H]1CC[C@](C)(N2CCC(c3c(C)ccc(N)c3N)CC2)CC1. The summed E-state index contributed by atoms with van der Waals surface area (Å²) in [4.78, 5) is 2.73. The number of aryl methyl sites for hydroxylation is 1. The molecule has 4 nitrogen and oxygen atoms in total. The van der Waals surface area contributed by atoms with E-state index < -0.39 is 0 Å². The zero-order valence-electron chi connectivity index (χ0n) is 16.2. The van der Waals surface area contributed by atoms with Crippen LogP contribution >= 0.6 is 0 Å². The Hall–Kier alpha value is -1.26. The van der Waals surface area contributed by atoms with Crippen LogP contribution in [0.15, 0.2) is 12.1 Å². The lowest BCUT2D eigenvalue weighted by Crippen LogP contribution is -2.52. The van der Waals surface area contributed by atoms with Gasteiger partial charge >= 0.3 is 0 Å². The van der Waals surface area contributed by atoms with E-state index in [1.54, 1.807) is 0 Å². The Morgan fingerprint density at radius 1 is 1.12 bits per heavy atom. The molecule has 1 aliphatic heterocycles. The number of hydrogen-bond donors (Lipinski definition) is 2. The van der Waals surface area contributed by atoms with Crippen molar-refractivity contribution in [1.29, 1.82) is 0 Å². The lowest BCUT2D eigenvalue weighted by atomic mass is 9.77. The van der Waals surface area contributed by atoms with E-state index in [-0.39, 0.29) is 0 Å². The summed E-state index contributed by atoms with van der Waals surface area (Å²) >= 11 is 0. The first-order chi connectivity index (χ1) is 11.9. The summed E-state index contributed by atoms with van der Waals surface area (Å²) in [5.74, 6) is 0.545. The summed E-state index contributed by atoms with van der Waals surface area (Å²) in [5, 5.41) is 0. The fraction of sp³-hybridized carbons (Fsp3) is 0.714. The summed E-state index contributed by atoms with van der Waals surface area (Å²) < 4.78 is 5.83. The van der Waals surface area contributed by atoms with E-state index in [1.807, 2.05) is 6.07 Å². The Morgan fingerprint density at radius 3 is 2.36 bits per heavy atom. The molecule has 2 aliphatic rings. The van der Waals surface area contributed by atoms with Crippen LogP contribution in [0, 0.1) is 6.92 Å². The van der Waals surface area contributed by atoms with Crippen LogP contribution in [0.3, 0.4) is 0 Å². The maximum atomic E-state index is 6.31. The monoisotopic (exact) mass is 345 g/mol. The Bertz CT molecular complexity index is 585. The minimum Gasteiger partial charge on any atom is -0.397 e. The van der Waals surface area contributed by atoms with Gasteiger partial charge in [-0.15, -0.1) is 0 Å². The van der Waals surface area contributed by atoms with Crippen LogP contribution in [-0.4, -0.2) is 36.2 Å². The number of nitrogen functional groups attached to an aromatic ring is 2. The number of nitrogens with two attached hydrogens (primary N) is 2. The maximum absolute atomic E-state index is 6.31. The van der Waals surface area contributed by atoms with Gasteiger partial charge < -0.3 is 16.2 Å². The summed E-state index contributed by atoms with van der Waals surface area (Å²) in [5.41, 5.74) is 16.8. The molecule has 0 amide bonds. The zero-order valence-corrected chi connectivity index (χ0v) is 16.2. The van der Waals surface area contributed by atoms with Gasteiger partial charge in [-0.1, -0.05) is 6.07 Å². The Morgan fingerprint density at radius 2 is 1.76 bits per heavy atom. The largest absolute Gasteiger partial charge is 0.397 e. The highest BCUT2D eigenvalue weighted by molar-refractivity contribution is 5.70. The van der Waals surface area contributed by atoms with Crippen LogP contribution < -0.4 is 11.5 Å². The lowest BCUT2D eigenvalue weighted by molar-refractivity contribution is -0.0250. The van der Waals surface area contributed by atoms with Gasteiger partial charge in [0, 0.05) is 12.1 Å². The van der Waals surface area contributed by atoms with Crippen molar-refractivity contribution in [2.24, 2.45) is 0 Å². The lowest BCUT2D eigenvalue weighted by Gasteiger charge is -2.48. The molecule has 2 fully saturated rings. The highest BCUT2D eigenvalue weighted by Gasteiger charge is 2.38. The third kappa shape index (κ3) is 3.80. The second-order valence-electron chi connectivity index (χ2n) is 8.21. The van der Waals surface area contributed by atoms with Gasteiger partial charge in [-0.05, 0) is 95.5 Å². The van der Waals surface area contributed by atoms with Gasteiger partial charge in [0.05, 0.1) is 17.5 Å². The molecule has 1 saturated heterocycles. The zero-order chi connectivity index (χ0) is 18.0. The molecule has 1 aromatic carbocycles. The molecule has 0 spiro atoms. The van der Waals surface area contributed by atoms with Crippen molar-refractivity contribution >= 4 is 11.4 Å². The third-order valence-corrected chi connectivity index (χ3v) is 6.62. The van der Waals surface area contributed by atoms with Gasteiger partial charge in [0.1, 0.15) is 0 Å². The summed E-state index contributed by atoms with van der Waals surface area (Å²) in [6, 6.07) is 4.05. The molecule has 1 heterocycles. The van der Waals surface area contributed by atoms with Crippen molar-refractivity contribution in [3.8, 4) is 0 Å². The molecular weight excluding hydrogens is 310 g/mol. The fourth-order valence-electron chi connectivity index (χ4n) is 4.94. The topological polar surface area (TPSA) is 64.5 Å². The number of likely N-dealkylation sites (tertiary alicyclic amines) is 1. The Labute approximate surface area is 152 Å². The van der Waals surface area contributed by atoms with Crippen molar-refractivity contribution in [3.63, 3.8) is 0 Å². The van der Waals surface area contributed by atoms with Crippen molar-refractivity contribution in [2.45, 2.75) is 76.9 Å². The van der Waals surface area contributed by atoms with E-state index in [1.165, 1.54) is 49.7 Å². The second kappa shape index (κ2) is 7.55. The highest BCUT2D eigenvalue weighted by Crippen LogP contribution is 2.41. The van der Waals surface area contributed by atoms with Gasteiger partial charge in [-0.2, -0.15) is 0 Å². The summed E-state index contributed by atoms with van der Waals surface area (Å²) in [6.45, 7) is 9.88. The van der Waals surface area contributed by atoms with Gasteiger partial charge in [-0.25, -0.2) is 0 Å². The first kappa shape index (κ1) is 18.5. The number of rotatable bonds is 4. The van der Waals surface area contributed by atoms with Crippen LogP contribution in [0.4, 0.5) is 11.4 Å². The van der Waals surface area contributed by atoms with E-state index in [0.29, 0.717) is 17.6 Å². The highest BCUT2D eigenvalue weighted by atomic mass is 16.5. The van der Waals surface area contributed by atoms with Crippen molar-refractivity contribution < 1.29 is 4.74 Å². The normalized spacial score (nSPS) is 29.0. The number of piperidine rings is 1. The van der Waals surface area contributed by atoms with E-state index in [4.69, 9.17) is 16.2 Å². The number of ether oxygens (including phenoxy) is 1. The maximum Gasteiger partial charge on any atom is 0.0585 e.